The number of morpholine rings is 1. The van der Waals surface area contributed by atoms with Crippen molar-refractivity contribution < 1.29 is 9.53 Å². The summed E-state index contributed by atoms with van der Waals surface area (Å²) in [5, 5.41) is 3.47. The molecule has 1 aliphatic heterocycles. The van der Waals surface area contributed by atoms with Crippen LogP contribution in [0.4, 0.5) is 0 Å². The Morgan fingerprint density at radius 3 is 2.07 bits per heavy atom. The number of fused-ring (bicyclic) bond motifs is 2. The number of ether oxygens (including phenoxy) is 1. The lowest BCUT2D eigenvalue weighted by molar-refractivity contribution is -0.137. The van der Waals surface area contributed by atoms with Crippen molar-refractivity contribution in [2.24, 2.45) is 23.5 Å². The summed E-state index contributed by atoms with van der Waals surface area (Å²) in [6.45, 7) is 10.2. The number of halogens is 2. The molecule has 1 saturated heterocycles. The Bertz CT molecular complexity index is 456. The Hall–Kier alpha value is -0.0700. The molecule has 2 bridgehead atoms. The normalized spacial score (nSPS) is 37.7. The number of nitrogens with two attached hydrogens (primary N) is 1. The number of carbonyl (C=O) groups excluding carboxylic acids is 1. The molecule has 5 atom stereocenters. The van der Waals surface area contributed by atoms with Gasteiger partial charge in [0.25, 0.3) is 0 Å². The summed E-state index contributed by atoms with van der Waals surface area (Å²) in [7, 11) is 0. The predicted octanol–water partition coefficient (Wildman–Crippen LogP) is 2.99. The summed E-state index contributed by atoms with van der Waals surface area (Å²) in [6, 6.07) is 0.591. The smallest absolute Gasteiger partial charge is 0.237 e. The van der Waals surface area contributed by atoms with Crippen molar-refractivity contribution in [1.29, 1.82) is 0 Å². The fourth-order valence-electron chi connectivity index (χ4n) is 5.61. The lowest BCUT2D eigenvalue weighted by Crippen LogP contribution is -2.61. The lowest BCUT2D eigenvalue weighted by atomic mass is 9.67. The number of hydrogen-bond acceptors (Lipinski definition) is 4. The monoisotopic (exact) mass is 423 g/mol. The van der Waals surface area contributed by atoms with Gasteiger partial charge in [-0.05, 0) is 57.3 Å². The molecule has 3 fully saturated rings. The third-order valence-electron chi connectivity index (χ3n) is 6.43. The number of rotatable bonds is 4. The largest absolute Gasteiger partial charge is 0.373 e. The summed E-state index contributed by atoms with van der Waals surface area (Å²) in [5.41, 5.74) is 6.24. The Morgan fingerprint density at radius 1 is 1.07 bits per heavy atom. The number of hydrogen-bond donors (Lipinski definition) is 2. The van der Waals surface area contributed by atoms with Gasteiger partial charge in [-0.25, -0.2) is 0 Å². The molecule has 160 valence electrons. The van der Waals surface area contributed by atoms with Gasteiger partial charge in [0.1, 0.15) is 0 Å². The number of amides is 1. The first-order valence-corrected chi connectivity index (χ1v) is 10.3. The van der Waals surface area contributed by atoms with Crippen molar-refractivity contribution in [3.63, 3.8) is 0 Å². The second-order valence-corrected chi connectivity index (χ2v) is 9.12. The van der Waals surface area contributed by atoms with Crippen molar-refractivity contribution in [2.75, 3.05) is 13.1 Å². The molecule has 3 rings (SSSR count). The molecular formula is C20H39Cl2N3O2. The summed E-state index contributed by atoms with van der Waals surface area (Å²) in [6.07, 6.45) is 6.23. The van der Waals surface area contributed by atoms with E-state index in [-0.39, 0.29) is 49.0 Å². The lowest BCUT2D eigenvalue weighted by Gasteiger charge is -2.47. The first kappa shape index (κ1) is 25.0. The van der Waals surface area contributed by atoms with E-state index >= 15 is 0 Å². The van der Waals surface area contributed by atoms with Crippen molar-refractivity contribution in [3.8, 4) is 0 Å². The van der Waals surface area contributed by atoms with Crippen LogP contribution >= 0.6 is 24.8 Å². The number of nitrogens with zero attached hydrogens (tertiary/aromatic N) is 1. The van der Waals surface area contributed by atoms with Gasteiger partial charge in [-0.2, -0.15) is 0 Å². The zero-order valence-corrected chi connectivity index (χ0v) is 18.9. The molecule has 0 spiro atoms. The van der Waals surface area contributed by atoms with Crippen LogP contribution in [0.1, 0.15) is 59.8 Å². The van der Waals surface area contributed by atoms with E-state index in [0.717, 1.165) is 25.9 Å². The van der Waals surface area contributed by atoms with E-state index in [1.54, 1.807) is 0 Å². The standard InChI is InChI=1S/C20H37N3O2.2ClH/c1-12(2)19(23-10-13(3)25-14(4)11-23)20(24)22-18-15-6-5-7-16(18)9-17(21)8-15;;/h12-19H,5-11,21H2,1-4H3,(H,22,24);2*1H. The maximum Gasteiger partial charge on any atom is 0.237 e. The molecule has 3 N–H and O–H groups in total. The fourth-order valence-corrected chi connectivity index (χ4v) is 5.61. The van der Waals surface area contributed by atoms with Gasteiger partial charge in [0.2, 0.25) is 5.91 Å². The van der Waals surface area contributed by atoms with E-state index in [2.05, 4.69) is 37.9 Å². The van der Waals surface area contributed by atoms with Crippen LogP contribution in [0, 0.1) is 17.8 Å². The van der Waals surface area contributed by atoms with Gasteiger partial charge in [0.15, 0.2) is 0 Å². The molecule has 27 heavy (non-hydrogen) atoms. The van der Waals surface area contributed by atoms with Crippen molar-refractivity contribution in [3.05, 3.63) is 0 Å². The molecule has 3 aliphatic rings. The highest BCUT2D eigenvalue weighted by atomic mass is 35.5. The molecular weight excluding hydrogens is 385 g/mol. The van der Waals surface area contributed by atoms with Crippen LogP contribution in [0.2, 0.25) is 0 Å². The SMILES string of the molecule is CC1CN(C(C(=O)NC2C3CCCC2CC(N)C3)C(C)C)CC(C)O1.Cl.Cl. The summed E-state index contributed by atoms with van der Waals surface area (Å²) in [5.74, 6) is 1.65. The van der Waals surface area contributed by atoms with Gasteiger partial charge >= 0.3 is 0 Å². The summed E-state index contributed by atoms with van der Waals surface area (Å²) in [4.78, 5) is 15.6. The van der Waals surface area contributed by atoms with E-state index in [1.807, 2.05) is 0 Å². The fraction of sp³-hybridized carbons (Fsp3) is 0.950. The average molecular weight is 424 g/mol. The van der Waals surface area contributed by atoms with E-state index in [4.69, 9.17) is 10.5 Å². The highest BCUT2D eigenvalue weighted by Crippen LogP contribution is 2.39. The highest BCUT2D eigenvalue weighted by molar-refractivity contribution is 5.85. The third kappa shape index (κ3) is 5.96. The minimum absolute atomic E-state index is 0. The van der Waals surface area contributed by atoms with Crippen LogP contribution in [-0.4, -0.2) is 54.2 Å². The molecule has 0 radical (unpaired) electrons. The van der Waals surface area contributed by atoms with Crippen molar-refractivity contribution in [1.82, 2.24) is 10.2 Å². The van der Waals surface area contributed by atoms with Crippen LogP contribution in [0.15, 0.2) is 0 Å². The first-order chi connectivity index (χ1) is 11.8. The molecule has 2 aliphatic carbocycles. The third-order valence-corrected chi connectivity index (χ3v) is 6.43. The second kappa shape index (κ2) is 10.6. The summed E-state index contributed by atoms with van der Waals surface area (Å²) >= 11 is 0. The van der Waals surface area contributed by atoms with Crippen LogP contribution < -0.4 is 11.1 Å². The Morgan fingerprint density at radius 2 is 1.59 bits per heavy atom. The molecule has 0 aromatic rings. The predicted molar refractivity (Wildman–Crippen MR) is 115 cm³/mol. The molecule has 0 aromatic carbocycles. The zero-order chi connectivity index (χ0) is 18.1. The first-order valence-electron chi connectivity index (χ1n) is 10.3. The highest BCUT2D eigenvalue weighted by Gasteiger charge is 2.42. The van der Waals surface area contributed by atoms with E-state index in [1.165, 1.54) is 19.3 Å². The molecule has 7 heteroatoms. The molecule has 1 amide bonds. The minimum atomic E-state index is -0.0647. The second-order valence-electron chi connectivity index (χ2n) is 9.12. The van der Waals surface area contributed by atoms with E-state index < -0.39 is 0 Å². The van der Waals surface area contributed by atoms with E-state index in [9.17, 15) is 4.79 Å². The van der Waals surface area contributed by atoms with Crippen LogP contribution in [0.25, 0.3) is 0 Å². The van der Waals surface area contributed by atoms with Crippen LogP contribution in [0.3, 0.4) is 0 Å². The zero-order valence-electron chi connectivity index (χ0n) is 17.2. The quantitative estimate of drug-likeness (QED) is 0.728. The molecule has 0 aromatic heterocycles. The summed E-state index contributed by atoms with van der Waals surface area (Å²) < 4.78 is 5.86. The van der Waals surface area contributed by atoms with Gasteiger partial charge in [0, 0.05) is 25.2 Å². The topological polar surface area (TPSA) is 67.6 Å². The Balaban J connectivity index is 0.00000182. The van der Waals surface area contributed by atoms with E-state index in [0.29, 0.717) is 29.8 Å². The van der Waals surface area contributed by atoms with Gasteiger partial charge in [-0.3, -0.25) is 9.69 Å². The minimum Gasteiger partial charge on any atom is -0.373 e. The Labute approximate surface area is 177 Å². The van der Waals surface area contributed by atoms with Crippen molar-refractivity contribution in [2.45, 2.75) is 90.1 Å². The number of carbonyl (C=O) groups is 1. The van der Waals surface area contributed by atoms with Crippen LogP contribution in [-0.2, 0) is 9.53 Å². The van der Waals surface area contributed by atoms with Gasteiger partial charge in [-0.15, -0.1) is 24.8 Å². The number of nitrogens with one attached hydrogen (secondary N) is 1. The molecule has 2 saturated carbocycles. The average Bonchev–Trinajstić information content (AvgIpc) is 2.46. The van der Waals surface area contributed by atoms with Crippen molar-refractivity contribution >= 4 is 30.7 Å². The maximum absolute atomic E-state index is 13.3. The molecule has 5 unspecified atom stereocenters. The maximum atomic E-state index is 13.3. The van der Waals surface area contributed by atoms with Gasteiger partial charge in [0.05, 0.1) is 18.2 Å². The van der Waals surface area contributed by atoms with Crippen LogP contribution in [0.5, 0.6) is 0 Å². The van der Waals surface area contributed by atoms with Gasteiger partial charge < -0.3 is 15.8 Å². The molecule has 1 heterocycles. The molecule has 5 nitrogen and oxygen atoms in total. The van der Waals surface area contributed by atoms with Gasteiger partial charge in [-0.1, -0.05) is 20.3 Å². The Kier molecular flexibility index (Phi) is 9.83.